The Hall–Kier alpha value is -0.500. The lowest BCUT2D eigenvalue weighted by molar-refractivity contribution is 0.139. The van der Waals surface area contributed by atoms with Gasteiger partial charge in [0.15, 0.2) is 0 Å². The number of hydrogen-bond donors (Lipinski definition) is 1. The summed E-state index contributed by atoms with van der Waals surface area (Å²) in [6.07, 6.45) is 5.47. The molecule has 0 heterocycles. The smallest absolute Gasteiger partial charge is 0.0501 e. The van der Waals surface area contributed by atoms with E-state index < -0.39 is 0 Å². The van der Waals surface area contributed by atoms with Crippen molar-refractivity contribution >= 4 is 0 Å². The number of hydrogen-bond acceptors (Lipinski definition) is 2. The maximum atomic E-state index is 5.18. The molecule has 54 valence electrons. The molecule has 0 saturated heterocycles. The largest absolute Gasteiger partial charge is 0.405 e. The molecule has 2 N–H and O–H groups in total. The average Bonchev–Trinajstić information content (AvgIpc) is 1.89. The van der Waals surface area contributed by atoms with E-state index in [-0.39, 0.29) is 0 Å². The lowest BCUT2D eigenvalue weighted by atomic mass is 10.4. The highest BCUT2D eigenvalue weighted by molar-refractivity contribution is 4.74. The van der Waals surface area contributed by atoms with Gasteiger partial charge in [-0.1, -0.05) is 13.0 Å². The maximum absolute atomic E-state index is 5.18. The van der Waals surface area contributed by atoms with Gasteiger partial charge >= 0.3 is 0 Å². The summed E-state index contributed by atoms with van der Waals surface area (Å²) in [6.45, 7) is 3.75. The van der Waals surface area contributed by atoms with E-state index in [0.29, 0.717) is 0 Å². The highest BCUT2D eigenvalue weighted by atomic mass is 16.5. The van der Waals surface area contributed by atoms with Crippen molar-refractivity contribution in [2.24, 2.45) is 5.73 Å². The van der Waals surface area contributed by atoms with Gasteiger partial charge in [0.2, 0.25) is 0 Å². The van der Waals surface area contributed by atoms with Crippen LogP contribution in [0.25, 0.3) is 0 Å². The van der Waals surface area contributed by atoms with E-state index >= 15 is 0 Å². The number of ether oxygens (including phenoxy) is 1. The molecule has 0 rings (SSSR count). The quantitative estimate of drug-likeness (QED) is 0.567. The third kappa shape index (κ3) is 7.50. The first-order chi connectivity index (χ1) is 4.41. The van der Waals surface area contributed by atoms with E-state index in [0.717, 1.165) is 26.1 Å². The fourth-order valence-electron chi connectivity index (χ4n) is 0.494. The van der Waals surface area contributed by atoms with Crippen LogP contribution in [0.15, 0.2) is 12.3 Å². The molecular weight excluding hydrogens is 114 g/mol. The van der Waals surface area contributed by atoms with Gasteiger partial charge in [-0.2, -0.15) is 0 Å². The van der Waals surface area contributed by atoms with Crippen LogP contribution in [-0.4, -0.2) is 13.2 Å². The molecule has 0 aliphatic rings. The molecule has 0 bridgehead atoms. The van der Waals surface area contributed by atoms with Crippen molar-refractivity contribution in [3.8, 4) is 0 Å². The average molecular weight is 129 g/mol. The van der Waals surface area contributed by atoms with Gasteiger partial charge in [0.25, 0.3) is 0 Å². The summed E-state index contributed by atoms with van der Waals surface area (Å²) in [5.41, 5.74) is 5.11. The third-order valence-corrected chi connectivity index (χ3v) is 0.913. The summed E-state index contributed by atoms with van der Waals surface area (Å²) < 4.78 is 5.18. The van der Waals surface area contributed by atoms with Crippen molar-refractivity contribution in [1.82, 2.24) is 0 Å². The fraction of sp³-hybridized carbons (Fsp3) is 0.714. The SMILES string of the molecule is CCCOCC/C=C/N. The Morgan fingerprint density at radius 1 is 1.44 bits per heavy atom. The molecule has 9 heavy (non-hydrogen) atoms. The van der Waals surface area contributed by atoms with Crippen molar-refractivity contribution in [3.05, 3.63) is 12.3 Å². The highest BCUT2D eigenvalue weighted by Crippen LogP contribution is 1.84. The summed E-state index contributed by atoms with van der Waals surface area (Å²) in [4.78, 5) is 0. The molecule has 0 aliphatic carbocycles. The zero-order chi connectivity index (χ0) is 6.95. The van der Waals surface area contributed by atoms with Crippen molar-refractivity contribution < 1.29 is 4.74 Å². The van der Waals surface area contributed by atoms with Gasteiger partial charge in [-0.3, -0.25) is 0 Å². The number of nitrogens with two attached hydrogens (primary N) is 1. The normalized spacial score (nSPS) is 10.8. The first kappa shape index (κ1) is 8.50. The van der Waals surface area contributed by atoms with Gasteiger partial charge in [0.05, 0.1) is 6.61 Å². The molecule has 0 aromatic carbocycles. The Bertz CT molecular complexity index is 71.3. The maximum Gasteiger partial charge on any atom is 0.0501 e. The van der Waals surface area contributed by atoms with Crippen molar-refractivity contribution in [3.63, 3.8) is 0 Å². The highest BCUT2D eigenvalue weighted by Gasteiger charge is 1.80. The molecule has 0 amide bonds. The second-order valence-corrected chi connectivity index (χ2v) is 1.83. The molecule has 0 radical (unpaired) electrons. The van der Waals surface area contributed by atoms with E-state index in [2.05, 4.69) is 6.92 Å². The van der Waals surface area contributed by atoms with E-state index in [9.17, 15) is 0 Å². The van der Waals surface area contributed by atoms with E-state index in [1.165, 1.54) is 0 Å². The van der Waals surface area contributed by atoms with Crippen molar-refractivity contribution in [2.75, 3.05) is 13.2 Å². The summed E-state index contributed by atoms with van der Waals surface area (Å²) >= 11 is 0. The Labute approximate surface area is 56.7 Å². The van der Waals surface area contributed by atoms with Crippen molar-refractivity contribution in [1.29, 1.82) is 0 Å². The molecule has 0 aromatic rings. The Morgan fingerprint density at radius 2 is 2.22 bits per heavy atom. The van der Waals surface area contributed by atoms with Crippen LogP contribution in [0.4, 0.5) is 0 Å². The van der Waals surface area contributed by atoms with Gasteiger partial charge in [0, 0.05) is 6.61 Å². The molecular formula is C7H15NO. The Balaban J connectivity index is 2.75. The summed E-state index contributed by atoms with van der Waals surface area (Å²) in [5.74, 6) is 0. The van der Waals surface area contributed by atoms with Crippen LogP contribution < -0.4 is 5.73 Å². The van der Waals surface area contributed by atoms with E-state index in [4.69, 9.17) is 10.5 Å². The van der Waals surface area contributed by atoms with Crippen LogP contribution in [0.5, 0.6) is 0 Å². The van der Waals surface area contributed by atoms with Crippen LogP contribution in [0.3, 0.4) is 0 Å². The fourth-order valence-corrected chi connectivity index (χ4v) is 0.494. The van der Waals surface area contributed by atoms with Crippen LogP contribution in [0.1, 0.15) is 19.8 Å². The molecule has 0 spiro atoms. The molecule has 2 heteroatoms. The third-order valence-electron chi connectivity index (χ3n) is 0.913. The number of rotatable bonds is 5. The Kier molecular flexibility index (Phi) is 7.08. The second-order valence-electron chi connectivity index (χ2n) is 1.83. The van der Waals surface area contributed by atoms with Crippen LogP contribution in [0.2, 0.25) is 0 Å². The topological polar surface area (TPSA) is 35.2 Å². The zero-order valence-electron chi connectivity index (χ0n) is 5.97. The van der Waals surface area contributed by atoms with Gasteiger partial charge in [0.1, 0.15) is 0 Å². The lowest BCUT2D eigenvalue weighted by Gasteiger charge is -1.96. The van der Waals surface area contributed by atoms with Crippen molar-refractivity contribution in [2.45, 2.75) is 19.8 Å². The summed E-state index contributed by atoms with van der Waals surface area (Å²) in [6, 6.07) is 0. The first-order valence-corrected chi connectivity index (χ1v) is 3.36. The van der Waals surface area contributed by atoms with Crippen LogP contribution in [-0.2, 0) is 4.74 Å². The molecule has 0 aliphatic heterocycles. The van der Waals surface area contributed by atoms with E-state index in [1.807, 2.05) is 6.08 Å². The molecule has 0 saturated carbocycles. The molecule has 0 unspecified atom stereocenters. The van der Waals surface area contributed by atoms with Gasteiger partial charge in [-0.25, -0.2) is 0 Å². The zero-order valence-corrected chi connectivity index (χ0v) is 5.97. The van der Waals surface area contributed by atoms with Gasteiger partial charge < -0.3 is 10.5 Å². The first-order valence-electron chi connectivity index (χ1n) is 3.36. The summed E-state index contributed by atoms with van der Waals surface area (Å²) in [7, 11) is 0. The minimum Gasteiger partial charge on any atom is -0.405 e. The van der Waals surface area contributed by atoms with Gasteiger partial charge in [-0.15, -0.1) is 0 Å². The molecule has 2 nitrogen and oxygen atoms in total. The molecule has 0 atom stereocenters. The van der Waals surface area contributed by atoms with Gasteiger partial charge in [-0.05, 0) is 19.0 Å². The standard InChI is InChI=1S/C7H15NO/c1-2-6-9-7-4-3-5-8/h3,5H,2,4,6-8H2,1H3/b5-3+. The lowest BCUT2D eigenvalue weighted by Crippen LogP contribution is -1.93. The second kappa shape index (κ2) is 7.50. The minimum atomic E-state index is 0.793. The minimum absolute atomic E-state index is 0.793. The van der Waals surface area contributed by atoms with Crippen LogP contribution in [0, 0.1) is 0 Å². The summed E-state index contributed by atoms with van der Waals surface area (Å²) in [5, 5.41) is 0. The predicted molar refractivity (Wildman–Crippen MR) is 39.1 cm³/mol. The molecule has 0 fully saturated rings. The van der Waals surface area contributed by atoms with Crippen LogP contribution >= 0.6 is 0 Å². The monoisotopic (exact) mass is 129 g/mol. The predicted octanol–water partition coefficient (Wildman–Crippen LogP) is 1.28. The van der Waals surface area contributed by atoms with E-state index in [1.54, 1.807) is 6.20 Å². The Morgan fingerprint density at radius 3 is 2.78 bits per heavy atom. The molecule has 0 aromatic heterocycles.